The molecule has 0 radical (unpaired) electrons. The fraction of sp³-hybridized carbons (Fsp3) is 0.176. The Morgan fingerprint density at radius 3 is 2.32 bits per heavy atom. The average molecular weight is 408 g/mol. The van der Waals surface area contributed by atoms with Gasteiger partial charge in [-0.25, -0.2) is 0 Å². The molecule has 0 saturated heterocycles. The van der Waals surface area contributed by atoms with Crippen LogP contribution in [0, 0.1) is 3.57 Å². The van der Waals surface area contributed by atoms with Gasteiger partial charge in [0.2, 0.25) is 0 Å². The predicted molar refractivity (Wildman–Crippen MR) is 94.8 cm³/mol. The summed E-state index contributed by atoms with van der Waals surface area (Å²) in [5.74, 6) is -0.129. The molecule has 0 unspecified atom stereocenters. The Labute approximate surface area is 143 Å². The molecule has 5 heteroatoms. The van der Waals surface area contributed by atoms with E-state index in [2.05, 4.69) is 27.9 Å². The van der Waals surface area contributed by atoms with E-state index in [1.807, 2.05) is 36.4 Å². The molecule has 114 valence electrons. The van der Waals surface area contributed by atoms with Crippen LogP contribution in [0.2, 0.25) is 0 Å². The lowest BCUT2D eigenvalue weighted by Gasteiger charge is -2.18. The van der Waals surface area contributed by atoms with Gasteiger partial charge in [0.25, 0.3) is 11.8 Å². The van der Waals surface area contributed by atoms with E-state index in [1.54, 1.807) is 31.1 Å². The van der Waals surface area contributed by atoms with Crippen LogP contribution in [0.15, 0.2) is 48.5 Å². The molecule has 2 amide bonds. The minimum absolute atomic E-state index is 0.0135. The van der Waals surface area contributed by atoms with Crippen molar-refractivity contribution in [3.05, 3.63) is 68.8 Å². The average Bonchev–Trinajstić information content (AvgIpc) is 2.54. The van der Waals surface area contributed by atoms with Gasteiger partial charge < -0.3 is 10.2 Å². The molecule has 4 nitrogen and oxygen atoms in total. The van der Waals surface area contributed by atoms with Crippen LogP contribution < -0.4 is 5.32 Å². The molecule has 0 saturated carbocycles. The van der Waals surface area contributed by atoms with Gasteiger partial charge in [0.1, 0.15) is 0 Å². The van der Waals surface area contributed by atoms with Crippen molar-refractivity contribution in [3.8, 4) is 0 Å². The topological polar surface area (TPSA) is 49.4 Å². The molecule has 0 heterocycles. The molecule has 0 fully saturated rings. The smallest absolute Gasteiger partial charge is 0.254 e. The van der Waals surface area contributed by atoms with Crippen LogP contribution in [-0.4, -0.2) is 30.8 Å². The summed E-state index contributed by atoms with van der Waals surface area (Å²) in [7, 11) is 3.38. The lowest BCUT2D eigenvalue weighted by Crippen LogP contribution is -2.27. The maximum Gasteiger partial charge on any atom is 0.254 e. The Morgan fingerprint density at radius 2 is 1.73 bits per heavy atom. The van der Waals surface area contributed by atoms with E-state index in [-0.39, 0.29) is 11.8 Å². The van der Waals surface area contributed by atoms with Crippen LogP contribution in [-0.2, 0) is 6.54 Å². The number of amides is 2. The van der Waals surface area contributed by atoms with Crippen LogP contribution in [0.4, 0.5) is 0 Å². The second-order valence-electron chi connectivity index (χ2n) is 4.92. The van der Waals surface area contributed by atoms with Crippen LogP contribution in [0.25, 0.3) is 0 Å². The van der Waals surface area contributed by atoms with Crippen molar-refractivity contribution < 1.29 is 9.59 Å². The van der Waals surface area contributed by atoms with E-state index in [0.29, 0.717) is 17.7 Å². The van der Waals surface area contributed by atoms with Crippen molar-refractivity contribution in [2.24, 2.45) is 0 Å². The maximum atomic E-state index is 12.4. The van der Waals surface area contributed by atoms with Gasteiger partial charge in [0, 0.05) is 29.8 Å². The van der Waals surface area contributed by atoms with Crippen LogP contribution >= 0.6 is 22.6 Å². The summed E-state index contributed by atoms with van der Waals surface area (Å²) in [5.41, 5.74) is 2.29. The van der Waals surface area contributed by atoms with Crippen LogP contribution in [0.3, 0.4) is 0 Å². The quantitative estimate of drug-likeness (QED) is 0.792. The first-order chi connectivity index (χ1) is 10.5. The molecule has 0 aromatic heterocycles. The standard InChI is InChI=1S/C17H17IN2O2/c1-19-16(21)13-9-7-12(8-10-13)11-20(2)17(22)14-5-3-4-6-15(14)18/h3-10H,11H2,1-2H3,(H,19,21). The van der Waals surface area contributed by atoms with E-state index >= 15 is 0 Å². The van der Waals surface area contributed by atoms with E-state index in [9.17, 15) is 9.59 Å². The summed E-state index contributed by atoms with van der Waals surface area (Å²) in [6.45, 7) is 0.498. The molecule has 2 aromatic carbocycles. The van der Waals surface area contributed by atoms with E-state index in [0.717, 1.165) is 9.13 Å². The number of nitrogens with zero attached hydrogens (tertiary/aromatic N) is 1. The molecule has 0 aliphatic rings. The highest BCUT2D eigenvalue weighted by atomic mass is 127. The summed E-state index contributed by atoms with van der Waals surface area (Å²) in [4.78, 5) is 25.6. The van der Waals surface area contributed by atoms with Crippen LogP contribution in [0.1, 0.15) is 26.3 Å². The fourth-order valence-corrected chi connectivity index (χ4v) is 2.71. The SMILES string of the molecule is CNC(=O)c1ccc(CN(C)C(=O)c2ccccc2I)cc1. The minimum atomic E-state index is -0.116. The molecular weight excluding hydrogens is 391 g/mol. The third-order valence-corrected chi connectivity index (χ3v) is 4.25. The Kier molecular flexibility index (Phi) is 5.54. The summed E-state index contributed by atoms with van der Waals surface area (Å²) < 4.78 is 0.937. The summed E-state index contributed by atoms with van der Waals surface area (Å²) >= 11 is 2.16. The van der Waals surface area contributed by atoms with E-state index < -0.39 is 0 Å². The lowest BCUT2D eigenvalue weighted by molar-refractivity contribution is 0.0783. The van der Waals surface area contributed by atoms with Gasteiger partial charge in [-0.2, -0.15) is 0 Å². The lowest BCUT2D eigenvalue weighted by atomic mass is 10.1. The number of carbonyl (C=O) groups excluding carboxylic acids is 2. The van der Waals surface area contributed by atoms with Crippen molar-refractivity contribution in [1.82, 2.24) is 10.2 Å². The Morgan fingerprint density at radius 1 is 1.09 bits per heavy atom. The third kappa shape index (κ3) is 3.85. The normalized spacial score (nSPS) is 10.1. The highest BCUT2D eigenvalue weighted by Crippen LogP contribution is 2.15. The van der Waals surface area contributed by atoms with Gasteiger partial charge in [-0.3, -0.25) is 9.59 Å². The zero-order valence-corrected chi connectivity index (χ0v) is 14.6. The fourth-order valence-electron chi connectivity index (χ4n) is 2.09. The number of halogens is 1. The van der Waals surface area contributed by atoms with Gasteiger partial charge in [-0.1, -0.05) is 24.3 Å². The summed E-state index contributed by atoms with van der Waals surface area (Å²) in [6.07, 6.45) is 0. The first-order valence-corrected chi connectivity index (χ1v) is 7.92. The van der Waals surface area contributed by atoms with E-state index in [1.165, 1.54) is 0 Å². The predicted octanol–water partition coefficient (Wildman–Crippen LogP) is 2.92. The maximum absolute atomic E-state index is 12.4. The van der Waals surface area contributed by atoms with Gasteiger partial charge in [0.05, 0.1) is 5.56 Å². The molecule has 2 rings (SSSR count). The molecule has 1 N–H and O–H groups in total. The van der Waals surface area contributed by atoms with Gasteiger partial charge in [-0.05, 0) is 52.4 Å². The Bertz CT molecular complexity index is 683. The zero-order chi connectivity index (χ0) is 16.1. The number of rotatable bonds is 4. The molecule has 0 bridgehead atoms. The van der Waals surface area contributed by atoms with Gasteiger partial charge in [-0.15, -0.1) is 0 Å². The highest BCUT2D eigenvalue weighted by molar-refractivity contribution is 14.1. The second-order valence-corrected chi connectivity index (χ2v) is 6.08. The number of benzene rings is 2. The van der Waals surface area contributed by atoms with Crippen molar-refractivity contribution >= 4 is 34.4 Å². The van der Waals surface area contributed by atoms with Crippen molar-refractivity contribution in [1.29, 1.82) is 0 Å². The number of hydrogen-bond acceptors (Lipinski definition) is 2. The first-order valence-electron chi connectivity index (χ1n) is 6.84. The Hall–Kier alpha value is -1.89. The molecule has 0 aliphatic heterocycles. The monoisotopic (exact) mass is 408 g/mol. The molecule has 22 heavy (non-hydrogen) atoms. The van der Waals surface area contributed by atoms with Crippen LogP contribution in [0.5, 0.6) is 0 Å². The number of hydrogen-bond donors (Lipinski definition) is 1. The second kappa shape index (κ2) is 7.40. The highest BCUT2D eigenvalue weighted by Gasteiger charge is 2.14. The number of nitrogens with one attached hydrogen (secondary N) is 1. The minimum Gasteiger partial charge on any atom is -0.355 e. The summed E-state index contributed by atoms with van der Waals surface area (Å²) in [5, 5.41) is 2.58. The first kappa shape index (κ1) is 16.5. The van der Waals surface area contributed by atoms with Gasteiger partial charge in [0.15, 0.2) is 0 Å². The van der Waals surface area contributed by atoms with Crippen molar-refractivity contribution in [2.45, 2.75) is 6.54 Å². The molecule has 0 aliphatic carbocycles. The molecule has 0 atom stereocenters. The number of carbonyl (C=O) groups is 2. The Balaban J connectivity index is 2.08. The summed E-state index contributed by atoms with van der Waals surface area (Å²) in [6, 6.07) is 14.8. The zero-order valence-electron chi connectivity index (χ0n) is 12.5. The molecule has 0 spiro atoms. The van der Waals surface area contributed by atoms with Crippen molar-refractivity contribution in [2.75, 3.05) is 14.1 Å². The largest absolute Gasteiger partial charge is 0.355 e. The van der Waals surface area contributed by atoms with Crippen molar-refractivity contribution in [3.63, 3.8) is 0 Å². The molecule has 2 aromatic rings. The van der Waals surface area contributed by atoms with E-state index in [4.69, 9.17) is 0 Å². The third-order valence-electron chi connectivity index (χ3n) is 3.31. The molecular formula is C17H17IN2O2. The van der Waals surface area contributed by atoms with Gasteiger partial charge >= 0.3 is 0 Å².